The van der Waals surface area contributed by atoms with Crippen molar-refractivity contribution in [3.8, 4) is 0 Å². The van der Waals surface area contributed by atoms with E-state index in [0.717, 1.165) is 0 Å². The average Bonchev–Trinajstić information content (AvgIpc) is 2.70. The van der Waals surface area contributed by atoms with E-state index in [1.807, 2.05) is 0 Å². The first-order valence-electron chi connectivity index (χ1n) is 5.39. The zero-order chi connectivity index (χ0) is 13.0. The molecule has 0 bridgehead atoms. The summed E-state index contributed by atoms with van der Waals surface area (Å²) in [5.41, 5.74) is 0.240. The Morgan fingerprint density at radius 2 is 2.24 bits per heavy atom. The summed E-state index contributed by atoms with van der Waals surface area (Å²) in [6, 6.07) is 0. The summed E-state index contributed by atoms with van der Waals surface area (Å²) in [6.45, 7) is 5.60. The zero-order valence-electron chi connectivity index (χ0n) is 10.1. The molecule has 0 saturated heterocycles. The molecule has 1 aromatic rings. The van der Waals surface area contributed by atoms with E-state index in [4.69, 9.17) is 9.52 Å². The van der Waals surface area contributed by atoms with Crippen molar-refractivity contribution in [1.82, 2.24) is 9.88 Å². The van der Waals surface area contributed by atoms with Crippen LogP contribution in [0.25, 0.3) is 0 Å². The summed E-state index contributed by atoms with van der Waals surface area (Å²) >= 11 is 0. The molecule has 0 saturated carbocycles. The van der Waals surface area contributed by atoms with Crippen LogP contribution in [0.15, 0.2) is 10.8 Å². The summed E-state index contributed by atoms with van der Waals surface area (Å²) in [7, 11) is 0. The molecule has 6 nitrogen and oxygen atoms in total. The SMILES string of the molecule is CCN(CC(C)C(=O)O)C(=O)c1ncoc1C. The van der Waals surface area contributed by atoms with Crippen LogP contribution in [0.3, 0.4) is 0 Å². The van der Waals surface area contributed by atoms with Gasteiger partial charge in [-0.1, -0.05) is 6.92 Å². The van der Waals surface area contributed by atoms with Gasteiger partial charge in [0.25, 0.3) is 5.91 Å². The second-order valence-corrected chi connectivity index (χ2v) is 3.84. The lowest BCUT2D eigenvalue weighted by atomic mass is 10.1. The molecule has 0 fully saturated rings. The predicted molar refractivity (Wildman–Crippen MR) is 59.6 cm³/mol. The summed E-state index contributed by atoms with van der Waals surface area (Å²) in [5.74, 6) is -1.39. The number of aryl methyl sites for hydroxylation is 1. The van der Waals surface area contributed by atoms with Crippen molar-refractivity contribution in [2.75, 3.05) is 13.1 Å². The Bertz CT molecular complexity index is 413. The van der Waals surface area contributed by atoms with Gasteiger partial charge in [0.05, 0.1) is 5.92 Å². The van der Waals surface area contributed by atoms with E-state index < -0.39 is 11.9 Å². The molecule has 0 spiro atoms. The van der Waals surface area contributed by atoms with E-state index in [-0.39, 0.29) is 18.1 Å². The molecule has 17 heavy (non-hydrogen) atoms. The maximum atomic E-state index is 12.0. The van der Waals surface area contributed by atoms with Crippen molar-refractivity contribution in [3.63, 3.8) is 0 Å². The summed E-state index contributed by atoms with van der Waals surface area (Å²) in [5, 5.41) is 8.82. The molecule has 6 heteroatoms. The van der Waals surface area contributed by atoms with E-state index in [9.17, 15) is 9.59 Å². The van der Waals surface area contributed by atoms with Gasteiger partial charge < -0.3 is 14.4 Å². The number of aromatic nitrogens is 1. The number of aliphatic carboxylic acids is 1. The topological polar surface area (TPSA) is 83.6 Å². The largest absolute Gasteiger partial charge is 0.481 e. The van der Waals surface area contributed by atoms with Crippen LogP contribution in [-0.4, -0.2) is 40.0 Å². The van der Waals surface area contributed by atoms with Gasteiger partial charge in [0, 0.05) is 13.1 Å². The molecule has 94 valence electrons. The van der Waals surface area contributed by atoms with Crippen LogP contribution in [0.1, 0.15) is 30.1 Å². The van der Waals surface area contributed by atoms with Crippen LogP contribution in [0.2, 0.25) is 0 Å². The standard InChI is InChI=1S/C11H16N2O4/c1-4-13(5-7(2)11(15)16)10(14)9-8(3)17-6-12-9/h6-7H,4-5H2,1-3H3,(H,15,16). The van der Waals surface area contributed by atoms with E-state index in [1.54, 1.807) is 20.8 Å². The molecule has 1 amide bonds. The Balaban J connectivity index is 2.78. The fourth-order valence-corrected chi connectivity index (χ4v) is 1.42. The van der Waals surface area contributed by atoms with Gasteiger partial charge in [-0.05, 0) is 13.8 Å². The van der Waals surface area contributed by atoms with Gasteiger partial charge in [0.1, 0.15) is 5.76 Å². The van der Waals surface area contributed by atoms with Gasteiger partial charge in [-0.25, -0.2) is 4.98 Å². The third kappa shape index (κ3) is 3.05. The molecule has 0 aliphatic carbocycles. The van der Waals surface area contributed by atoms with Gasteiger partial charge in [-0.2, -0.15) is 0 Å². The zero-order valence-corrected chi connectivity index (χ0v) is 10.1. The van der Waals surface area contributed by atoms with Crippen molar-refractivity contribution in [1.29, 1.82) is 0 Å². The summed E-state index contributed by atoms with van der Waals surface area (Å²) < 4.78 is 4.96. The Morgan fingerprint density at radius 3 is 2.65 bits per heavy atom. The van der Waals surface area contributed by atoms with Gasteiger partial charge in [0.15, 0.2) is 12.1 Å². The Labute approximate surface area is 99.2 Å². The van der Waals surface area contributed by atoms with Crippen LogP contribution in [-0.2, 0) is 4.79 Å². The van der Waals surface area contributed by atoms with Gasteiger partial charge >= 0.3 is 5.97 Å². The summed E-state index contributed by atoms with van der Waals surface area (Å²) in [6.07, 6.45) is 1.21. The molecule has 0 aromatic carbocycles. The first-order chi connectivity index (χ1) is 7.97. The maximum absolute atomic E-state index is 12.0. The van der Waals surface area contributed by atoms with Crippen LogP contribution in [0.5, 0.6) is 0 Å². The number of carbonyl (C=O) groups is 2. The highest BCUT2D eigenvalue weighted by molar-refractivity contribution is 5.93. The minimum atomic E-state index is -0.923. The number of hydrogen-bond acceptors (Lipinski definition) is 4. The Morgan fingerprint density at radius 1 is 1.59 bits per heavy atom. The van der Waals surface area contributed by atoms with Gasteiger partial charge in [-0.15, -0.1) is 0 Å². The van der Waals surface area contributed by atoms with E-state index in [1.165, 1.54) is 11.3 Å². The van der Waals surface area contributed by atoms with Crippen LogP contribution in [0, 0.1) is 12.8 Å². The highest BCUT2D eigenvalue weighted by Crippen LogP contribution is 2.10. The first kappa shape index (κ1) is 13.2. The molecular weight excluding hydrogens is 224 g/mol. The number of nitrogens with zero attached hydrogens (tertiary/aromatic N) is 2. The van der Waals surface area contributed by atoms with Crippen molar-refractivity contribution >= 4 is 11.9 Å². The van der Waals surface area contributed by atoms with Crippen molar-refractivity contribution in [2.45, 2.75) is 20.8 Å². The fourth-order valence-electron chi connectivity index (χ4n) is 1.42. The average molecular weight is 240 g/mol. The van der Waals surface area contributed by atoms with Crippen molar-refractivity contribution < 1.29 is 19.1 Å². The number of carboxylic acids is 1. The van der Waals surface area contributed by atoms with Gasteiger partial charge in [0.2, 0.25) is 0 Å². The number of amides is 1. The Kier molecular flexibility index (Phi) is 4.25. The number of oxazole rings is 1. The monoisotopic (exact) mass is 240 g/mol. The molecule has 0 aliphatic rings. The van der Waals surface area contributed by atoms with E-state index in [2.05, 4.69) is 4.98 Å². The lowest BCUT2D eigenvalue weighted by Crippen LogP contribution is -2.37. The molecule has 1 N–H and O–H groups in total. The number of hydrogen-bond donors (Lipinski definition) is 1. The summed E-state index contributed by atoms with van der Waals surface area (Å²) in [4.78, 5) is 28.1. The highest BCUT2D eigenvalue weighted by Gasteiger charge is 2.23. The molecular formula is C11H16N2O4. The third-order valence-corrected chi connectivity index (χ3v) is 2.53. The van der Waals surface area contributed by atoms with Gasteiger partial charge in [-0.3, -0.25) is 9.59 Å². The molecule has 0 radical (unpaired) electrons. The first-order valence-corrected chi connectivity index (χ1v) is 5.39. The second kappa shape index (κ2) is 5.47. The Hall–Kier alpha value is -1.85. The van der Waals surface area contributed by atoms with E-state index >= 15 is 0 Å². The highest BCUT2D eigenvalue weighted by atomic mass is 16.4. The molecule has 1 unspecified atom stereocenters. The van der Waals surface area contributed by atoms with Crippen LogP contribution < -0.4 is 0 Å². The second-order valence-electron chi connectivity index (χ2n) is 3.84. The predicted octanol–water partition coefficient (Wildman–Crippen LogP) is 1.17. The minimum absolute atomic E-state index is 0.164. The lowest BCUT2D eigenvalue weighted by molar-refractivity contribution is -0.141. The lowest BCUT2D eigenvalue weighted by Gasteiger charge is -2.21. The smallest absolute Gasteiger partial charge is 0.308 e. The fraction of sp³-hybridized carbons (Fsp3) is 0.545. The number of carboxylic acid groups (broad SMARTS) is 1. The molecule has 1 aromatic heterocycles. The maximum Gasteiger partial charge on any atom is 0.308 e. The van der Waals surface area contributed by atoms with E-state index in [0.29, 0.717) is 12.3 Å². The van der Waals surface area contributed by atoms with Crippen LogP contribution in [0.4, 0.5) is 0 Å². The normalized spacial score (nSPS) is 12.2. The number of rotatable bonds is 5. The molecule has 0 aliphatic heterocycles. The van der Waals surface area contributed by atoms with Crippen molar-refractivity contribution in [3.05, 3.63) is 17.8 Å². The molecule has 1 rings (SSSR count). The number of carbonyl (C=O) groups excluding carboxylic acids is 1. The molecule has 1 atom stereocenters. The minimum Gasteiger partial charge on any atom is -0.481 e. The quantitative estimate of drug-likeness (QED) is 0.835. The third-order valence-electron chi connectivity index (χ3n) is 2.53. The van der Waals surface area contributed by atoms with Crippen LogP contribution >= 0.6 is 0 Å². The molecule has 1 heterocycles. The van der Waals surface area contributed by atoms with Crippen molar-refractivity contribution in [2.24, 2.45) is 5.92 Å².